The number of hydrogen-bond acceptors (Lipinski definition) is 6. The lowest BCUT2D eigenvalue weighted by Gasteiger charge is -2.27. The van der Waals surface area contributed by atoms with E-state index in [9.17, 15) is 12.8 Å². The summed E-state index contributed by atoms with van der Waals surface area (Å²) in [6, 6.07) is 2.31. The van der Waals surface area contributed by atoms with Gasteiger partial charge in [-0.1, -0.05) is 11.6 Å². The Morgan fingerprint density at radius 1 is 1.38 bits per heavy atom. The number of hydrogen-bond donors (Lipinski definition) is 1. The number of rotatable bonds is 6. The average molecular weight is 420 g/mol. The van der Waals surface area contributed by atoms with Gasteiger partial charge in [-0.2, -0.15) is 0 Å². The molecule has 142 valence electrons. The maximum absolute atomic E-state index is 14.5. The van der Waals surface area contributed by atoms with E-state index in [1.165, 1.54) is 6.20 Å². The topological polar surface area (TPSA) is 71.5 Å². The highest BCUT2D eigenvalue weighted by molar-refractivity contribution is 7.93. The normalized spacial score (nSPS) is 20.5. The van der Waals surface area contributed by atoms with Crippen LogP contribution >= 0.6 is 22.9 Å². The van der Waals surface area contributed by atoms with Gasteiger partial charge in [0.1, 0.15) is 22.6 Å². The fraction of sp³-hybridized carbons (Fsp3) is 0.438. The molecule has 1 aromatic carbocycles. The van der Waals surface area contributed by atoms with Gasteiger partial charge < -0.3 is 9.64 Å². The molecule has 1 fully saturated rings. The van der Waals surface area contributed by atoms with Gasteiger partial charge in [-0.25, -0.2) is 17.8 Å². The maximum atomic E-state index is 14.5. The van der Waals surface area contributed by atoms with Crippen molar-refractivity contribution in [3.05, 3.63) is 34.5 Å². The summed E-state index contributed by atoms with van der Waals surface area (Å²) >= 11 is 7.28. The SMILES string of the molecule is CN(C)C1CCC[C@H]1Oc1cc(F)c(S(=O)(=O)Nc2nccs2)cc1Cl. The smallest absolute Gasteiger partial charge is 0.266 e. The van der Waals surface area contributed by atoms with Gasteiger partial charge in [0.05, 0.1) is 5.02 Å². The number of sulfonamides is 1. The molecular formula is C16H19ClFN3O3S2. The lowest BCUT2D eigenvalue weighted by Crippen LogP contribution is -2.38. The number of nitrogens with one attached hydrogen (secondary N) is 1. The average Bonchev–Trinajstić information content (AvgIpc) is 3.21. The quantitative estimate of drug-likeness (QED) is 0.774. The van der Waals surface area contributed by atoms with Crippen LogP contribution < -0.4 is 9.46 Å². The number of anilines is 1. The summed E-state index contributed by atoms with van der Waals surface area (Å²) in [5.74, 6) is -0.774. The van der Waals surface area contributed by atoms with Crippen molar-refractivity contribution in [3.8, 4) is 5.75 Å². The molecule has 0 amide bonds. The molecular weight excluding hydrogens is 401 g/mol. The Hall–Kier alpha value is -1.42. The second-order valence-corrected chi connectivity index (χ2v) is 9.23. The highest BCUT2D eigenvalue weighted by atomic mass is 35.5. The van der Waals surface area contributed by atoms with Crippen molar-refractivity contribution in [2.75, 3.05) is 18.8 Å². The van der Waals surface area contributed by atoms with Gasteiger partial charge in [0.2, 0.25) is 0 Å². The predicted molar refractivity (Wildman–Crippen MR) is 100 cm³/mol. The second kappa shape index (κ2) is 7.67. The molecule has 1 heterocycles. The van der Waals surface area contributed by atoms with Gasteiger partial charge in [0.25, 0.3) is 10.0 Å². The van der Waals surface area contributed by atoms with E-state index in [0.717, 1.165) is 42.7 Å². The highest BCUT2D eigenvalue weighted by Gasteiger charge is 2.32. The first-order valence-corrected chi connectivity index (χ1v) is 10.8. The Bertz CT molecular complexity index is 875. The van der Waals surface area contributed by atoms with Crippen molar-refractivity contribution >= 4 is 38.1 Å². The zero-order valence-corrected chi connectivity index (χ0v) is 16.7. The molecule has 0 aliphatic heterocycles. The third kappa shape index (κ3) is 4.11. The van der Waals surface area contributed by atoms with Gasteiger partial charge in [-0.15, -0.1) is 11.3 Å². The number of halogens is 2. The first-order valence-electron chi connectivity index (χ1n) is 8.02. The number of benzene rings is 1. The first kappa shape index (κ1) is 19.3. The van der Waals surface area contributed by atoms with Crippen LogP contribution in [0.1, 0.15) is 19.3 Å². The first-order chi connectivity index (χ1) is 12.3. The molecule has 1 unspecified atom stereocenters. The van der Waals surface area contributed by atoms with Crippen LogP contribution in [0.5, 0.6) is 5.75 Å². The predicted octanol–water partition coefficient (Wildman–Crippen LogP) is 3.60. The molecule has 6 nitrogen and oxygen atoms in total. The molecule has 0 spiro atoms. The molecule has 2 aromatic rings. The van der Waals surface area contributed by atoms with E-state index >= 15 is 0 Å². The molecule has 1 saturated carbocycles. The van der Waals surface area contributed by atoms with Crippen LogP contribution in [0.4, 0.5) is 9.52 Å². The van der Waals surface area contributed by atoms with Crippen molar-refractivity contribution in [2.24, 2.45) is 0 Å². The molecule has 3 rings (SSSR count). The summed E-state index contributed by atoms with van der Waals surface area (Å²) in [5, 5.41) is 1.82. The van der Waals surface area contributed by atoms with E-state index in [1.807, 2.05) is 14.1 Å². The van der Waals surface area contributed by atoms with E-state index in [0.29, 0.717) is 0 Å². The molecule has 2 atom stereocenters. The van der Waals surface area contributed by atoms with Crippen LogP contribution in [0.2, 0.25) is 5.02 Å². The van der Waals surface area contributed by atoms with Crippen LogP contribution in [0.3, 0.4) is 0 Å². The summed E-state index contributed by atoms with van der Waals surface area (Å²) < 4.78 is 47.4. The van der Waals surface area contributed by atoms with E-state index in [-0.39, 0.29) is 28.0 Å². The van der Waals surface area contributed by atoms with Gasteiger partial charge in [0.15, 0.2) is 5.13 Å². The van der Waals surface area contributed by atoms with Crippen molar-refractivity contribution in [1.82, 2.24) is 9.88 Å². The molecule has 0 bridgehead atoms. The summed E-state index contributed by atoms with van der Waals surface area (Å²) in [4.78, 5) is 5.36. The summed E-state index contributed by atoms with van der Waals surface area (Å²) in [5.41, 5.74) is 0. The van der Waals surface area contributed by atoms with E-state index in [4.69, 9.17) is 16.3 Å². The molecule has 1 N–H and O–H groups in total. The van der Waals surface area contributed by atoms with Crippen LogP contribution in [0.15, 0.2) is 28.6 Å². The van der Waals surface area contributed by atoms with Crippen molar-refractivity contribution in [1.29, 1.82) is 0 Å². The molecule has 0 saturated heterocycles. The summed E-state index contributed by atoms with van der Waals surface area (Å²) in [6.07, 6.45) is 4.18. The zero-order valence-electron chi connectivity index (χ0n) is 14.3. The number of thiazole rings is 1. The Labute approximate surface area is 161 Å². The minimum absolute atomic E-state index is 0.0512. The zero-order chi connectivity index (χ0) is 18.9. The van der Waals surface area contributed by atoms with Gasteiger partial charge in [0, 0.05) is 23.7 Å². The summed E-state index contributed by atoms with van der Waals surface area (Å²) in [7, 11) is -0.196. The minimum atomic E-state index is -4.13. The fourth-order valence-corrected chi connectivity index (χ4v) is 5.20. The molecule has 1 aliphatic rings. The maximum Gasteiger partial charge on any atom is 0.266 e. The van der Waals surface area contributed by atoms with Crippen molar-refractivity contribution in [2.45, 2.75) is 36.3 Å². The number of aromatic nitrogens is 1. The van der Waals surface area contributed by atoms with Crippen LogP contribution in [-0.2, 0) is 10.0 Å². The Morgan fingerprint density at radius 2 is 2.15 bits per heavy atom. The standard InChI is InChI=1S/C16H19ClFN3O3S2/c1-21(2)12-4-3-5-13(12)24-14-9-11(18)15(8-10(14)17)26(22,23)20-16-19-6-7-25-16/h6-9,12-13H,3-5H2,1-2H3,(H,19,20)/t12?,13-/m1/s1. The largest absolute Gasteiger partial charge is 0.487 e. The fourth-order valence-electron chi connectivity index (χ4n) is 3.05. The van der Waals surface area contributed by atoms with Crippen LogP contribution in [-0.4, -0.2) is 44.5 Å². The Balaban J connectivity index is 1.84. The number of nitrogens with zero attached hydrogens (tertiary/aromatic N) is 2. The van der Waals surface area contributed by atoms with Crippen LogP contribution in [0.25, 0.3) is 0 Å². The van der Waals surface area contributed by atoms with Crippen molar-refractivity contribution in [3.63, 3.8) is 0 Å². The van der Waals surface area contributed by atoms with Gasteiger partial charge in [-0.3, -0.25) is 4.72 Å². The lowest BCUT2D eigenvalue weighted by molar-refractivity contribution is 0.121. The van der Waals surface area contributed by atoms with Crippen LogP contribution in [0, 0.1) is 5.82 Å². The number of ether oxygens (including phenoxy) is 1. The third-order valence-corrected chi connectivity index (χ3v) is 6.76. The Kier molecular flexibility index (Phi) is 5.71. The Morgan fingerprint density at radius 3 is 2.81 bits per heavy atom. The molecule has 1 aromatic heterocycles. The lowest BCUT2D eigenvalue weighted by atomic mass is 10.2. The van der Waals surface area contributed by atoms with Gasteiger partial charge >= 0.3 is 0 Å². The molecule has 1 aliphatic carbocycles. The van der Waals surface area contributed by atoms with Gasteiger partial charge in [-0.05, 0) is 39.4 Å². The van der Waals surface area contributed by atoms with E-state index < -0.39 is 20.7 Å². The molecule has 26 heavy (non-hydrogen) atoms. The minimum Gasteiger partial charge on any atom is -0.487 e. The summed E-state index contributed by atoms with van der Waals surface area (Å²) in [6.45, 7) is 0. The highest BCUT2D eigenvalue weighted by Crippen LogP contribution is 2.34. The molecule has 10 heteroatoms. The van der Waals surface area contributed by atoms with Crippen molar-refractivity contribution < 1.29 is 17.5 Å². The second-order valence-electron chi connectivity index (χ2n) is 6.27. The third-order valence-electron chi connectivity index (χ3n) is 4.29. The number of likely N-dealkylation sites (N-methyl/N-ethyl adjacent to an activating group) is 1. The monoisotopic (exact) mass is 419 g/mol. The van der Waals surface area contributed by atoms with E-state index in [2.05, 4.69) is 14.6 Å². The molecule has 0 radical (unpaired) electrons. The van der Waals surface area contributed by atoms with E-state index in [1.54, 1.807) is 5.38 Å².